The number of quaternary nitrogens is 1. The van der Waals surface area contributed by atoms with Crippen LogP contribution >= 0.6 is 8.73 Å². The maximum absolute atomic E-state index is 8.75. The molecular weight excluding hydrogens is 111 g/mol. The summed E-state index contributed by atoms with van der Waals surface area (Å²) in [5, 5.41) is 8.75. The molecule has 0 aromatic carbocycles. The van der Waals surface area contributed by atoms with Gasteiger partial charge >= 0.3 is 0 Å². The first-order valence-electron chi connectivity index (χ1n) is 2.19. The van der Waals surface area contributed by atoms with Crippen LogP contribution in [-0.4, -0.2) is 22.9 Å². The molecule has 0 aromatic heterocycles. The first-order chi connectivity index (χ1) is 3.06. The van der Waals surface area contributed by atoms with Gasteiger partial charge in [0, 0.05) is 6.16 Å². The quantitative estimate of drug-likeness (QED) is 0.315. The number of hydrogen-bond donors (Lipinski definition) is 2. The molecule has 0 aromatic rings. The number of hydrogen-bond acceptors (Lipinski definition) is 2. The highest BCUT2D eigenvalue weighted by Gasteiger charge is 2.07. The van der Waals surface area contributed by atoms with E-state index >= 15 is 0 Å². The molecule has 0 saturated heterocycles. The topological polar surface area (TPSA) is 46.2 Å². The summed E-state index contributed by atoms with van der Waals surface area (Å²) < 4.78 is -0.378. The Labute approximate surface area is 45.5 Å². The monoisotopic (exact) mass is 123 g/mol. The molecule has 44 valence electrons. The second-order valence-electron chi connectivity index (χ2n) is 1.54. The van der Waals surface area contributed by atoms with Crippen molar-refractivity contribution in [1.82, 2.24) is 0 Å². The van der Waals surface area contributed by atoms with Gasteiger partial charge in [0.1, 0.15) is 15.8 Å². The summed E-state index contributed by atoms with van der Waals surface area (Å²) in [5.74, 6) is 5.15. The fourth-order valence-electron chi connectivity index (χ4n) is 0.320. The maximum atomic E-state index is 8.75. The molecule has 0 rings (SSSR count). The van der Waals surface area contributed by atoms with Crippen LogP contribution in [0.1, 0.15) is 6.92 Å². The Balaban J connectivity index is 3.15. The summed E-state index contributed by atoms with van der Waals surface area (Å²) in [6.07, 6.45) is 0.934. The van der Waals surface area contributed by atoms with Gasteiger partial charge < -0.3 is 0 Å². The molecule has 0 heterocycles. The number of hydroxylamine groups is 1. The molecule has 0 fully saturated rings. The van der Waals surface area contributed by atoms with Gasteiger partial charge in [0.25, 0.3) is 0 Å². The summed E-state index contributed by atoms with van der Waals surface area (Å²) in [6, 6.07) is 0. The van der Waals surface area contributed by atoms with Crippen molar-refractivity contribution in [3.63, 3.8) is 0 Å². The third kappa shape index (κ3) is 6.31. The number of nitrogens with zero attached hydrogens (tertiary/aromatic N) is 1. The normalized spacial score (nSPS) is 20.6. The van der Waals surface area contributed by atoms with E-state index < -0.39 is 0 Å². The maximum Gasteiger partial charge on any atom is 0.143 e. The highest BCUT2D eigenvalue weighted by Crippen LogP contribution is 2.15. The van der Waals surface area contributed by atoms with Gasteiger partial charge in [-0.2, -0.15) is 5.21 Å². The van der Waals surface area contributed by atoms with Crippen molar-refractivity contribution in [2.45, 2.75) is 6.92 Å². The summed E-state index contributed by atoms with van der Waals surface area (Å²) in [6.45, 7) is 1.98. The Morgan fingerprint density at radius 2 is 2.29 bits per heavy atom. The van der Waals surface area contributed by atoms with Crippen LogP contribution in [0.5, 0.6) is 0 Å². The highest BCUT2D eigenvalue weighted by molar-refractivity contribution is 7.31. The third-order valence-electron chi connectivity index (χ3n) is 0.478. The first-order valence-corrected chi connectivity index (χ1v) is 3.34. The summed E-state index contributed by atoms with van der Waals surface area (Å²) in [7, 11) is 1.95. The SMILES string of the molecule is CCP[N+](C)(N)O. The molecule has 0 bridgehead atoms. The minimum atomic E-state index is -0.378. The molecule has 2 atom stereocenters. The second-order valence-corrected chi connectivity index (χ2v) is 3.47. The van der Waals surface area contributed by atoms with Crippen molar-refractivity contribution in [3.05, 3.63) is 0 Å². The lowest BCUT2D eigenvalue weighted by atomic mass is 11.0. The molecule has 3 N–H and O–H groups in total. The van der Waals surface area contributed by atoms with Crippen LogP contribution in [0.3, 0.4) is 0 Å². The molecule has 0 saturated carbocycles. The van der Waals surface area contributed by atoms with E-state index in [-0.39, 0.29) is 4.53 Å². The van der Waals surface area contributed by atoms with Gasteiger partial charge in [0.2, 0.25) is 0 Å². The average Bonchev–Trinajstić information content (AvgIpc) is 1.30. The van der Waals surface area contributed by atoms with Crippen LogP contribution in [0.2, 0.25) is 0 Å². The minimum Gasteiger partial charge on any atom is -0.196 e. The van der Waals surface area contributed by atoms with E-state index in [0.29, 0.717) is 8.73 Å². The van der Waals surface area contributed by atoms with Gasteiger partial charge in [-0.05, 0) is 0 Å². The molecular formula is C3H12N2OP+. The highest BCUT2D eigenvalue weighted by atomic mass is 31.1. The van der Waals surface area contributed by atoms with E-state index in [1.807, 2.05) is 6.92 Å². The predicted molar refractivity (Wildman–Crippen MR) is 31.0 cm³/mol. The molecule has 4 heteroatoms. The van der Waals surface area contributed by atoms with E-state index in [1.165, 1.54) is 0 Å². The van der Waals surface area contributed by atoms with Crippen LogP contribution in [-0.2, 0) is 0 Å². The Morgan fingerprint density at radius 3 is 2.29 bits per heavy atom. The largest absolute Gasteiger partial charge is 0.196 e. The van der Waals surface area contributed by atoms with Crippen molar-refractivity contribution in [2.75, 3.05) is 13.2 Å². The van der Waals surface area contributed by atoms with E-state index in [2.05, 4.69) is 0 Å². The smallest absolute Gasteiger partial charge is 0.143 e. The zero-order chi connectivity index (χ0) is 5.91. The van der Waals surface area contributed by atoms with Crippen molar-refractivity contribution < 1.29 is 9.73 Å². The Bertz CT molecular complexity index is 51.4. The first kappa shape index (κ1) is 7.31. The molecule has 0 radical (unpaired) electrons. The zero-order valence-corrected chi connectivity index (χ0v) is 5.68. The predicted octanol–water partition coefficient (Wildman–Crippen LogP) is 0.309. The lowest BCUT2D eigenvalue weighted by Crippen LogP contribution is -2.38. The van der Waals surface area contributed by atoms with Crippen LogP contribution in [0.4, 0.5) is 0 Å². The van der Waals surface area contributed by atoms with Crippen molar-refractivity contribution in [3.8, 4) is 0 Å². The van der Waals surface area contributed by atoms with Crippen molar-refractivity contribution in [1.29, 1.82) is 0 Å². The second kappa shape index (κ2) is 2.58. The Morgan fingerprint density at radius 1 is 1.86 bits per heavy atom. The molecule has 0 aliphatic carbocycles. The number of nitrogens with two attached hydrogens (primary N) is 1. The van der Waals surface area contributed by atoms with E-state index in [1.54, 1.807) is 7.05 Å². The third-order valence-corrected chi connectivity index (χ3v) is 1.43. The molecule has 0 aliphatic heterocycles. The summed E-state index contributed by atoms with van der Waals surface area (Å²) in [5.41, 5.74) is 0. The summed E-state index contributed by atoms with van der Waals surface area (Å²) in [4.78, 5) is 0. The number of rotatable bonds is 2. The van der Waals surface area contributed by atoms with Gasteiger partial charge in [0.05, 0.1) is 0 Å². The molecule has 2 unspecified atom stereocenters. The molecule has 0 amide bonds. The van der Waals surface area contributed by atoms with Gasteiger partial charge in [-0.3, -0.25) is 0 Å². The van der Waals surface area contributed by atoms with E-state index in [9.17, 15) is 0 Å². The lowest BCUT2D eigenvalue weighted by Gasteiger charge is -2.14. The van der Waals surface area contributed by atoms with E-state index in [0.717, 1.165) is 6.16 Å². The fourth-order valence-corrected chi connectivity index (χ4v) is 0.960. The molecule has 7 heavy (non-hydrogen) atoms. The van der Waals surface area contributed by atoms with Gasteiger partial charge in [-0.1, -0.05) is 6.92 Å². The standard InChI is InChI=1S/C3H12N2OP/c1-3-7-5(2,4)6/h6-7H,3-4H2,1-2H3/q+1. The van der Waals surface area contributed by atoms with Crippen LogP contribution in [0.15, 0.2) is 0 Å². The average molecular weight is 123 g/mol. The molecule has 0 aliphatic rings. The van der Waals surface area contributed by atoms with Gasteiger partial charge in [0.15, 0.2) is 0 Å². The minimum absolute atomic E-state index is 0.378. The van der Waals surface area contributed by atoms with Crippen molar-refractivity contribution >= 4 is 8.73 Å². The molecule has 3 nitrogen and oxygen atoms in total. The van der Waals surface area contributed by atoms with Gasteiger partial charge in [-0.25, -0.2) is 0 Å². The van der Waals surface area contributed by atoms with Crippen LogP contribution in [0, 0.1) is 0 Å². The fraction of sp³-hybridized carbons (Fsp3) is 1.00. The zero-order valence-electron chi connectivity index (χ0n) is 4.68. The summed E-state index contributed by atoms with van der Waals surface area (Å²) >= 11 is 0. The van der Waals surface area contributed by atoms with Gasteiger partial charge in [-0.15, -0.1) is 10.4 Å². The van der Waals surface area contributed by atoms with E-state index in [4.69, 9.17) is 11.0 Å². The Kier molecular flexibility index (Phi) is 2.69. The van der Waals surface area contributed by atoms with Crippen LogP contribution < -0.4 is 5.84 Å². The molecule has 0 spiro atoms. The lowest BCUT2D eigenvalue weighted by molar-refractivity contribution is -0.994. The Hall–Kier alpha value is 0.310. The van der Waals surface area contributed by atoms with Crippen LogP contribution in [0.25, 0.3) is 0 Å². The van der Waals surface area contributed by atoms with Crippen molar-refractivity contribution in [2.24, 2.45) is 5.84 Å².